The molecule has 0 aliphatic carbocycles. The molecule has 212 valence electrons. The van der Waals surface area contributed by atoms with E-state index in [-0.39, 0.29) is 12.2 Å². The first-order valence-corrected chi connectivity index (χ1v) is 15.8. The molecule has 3 N–H and O–H groups in total. The summed E-state index contributed by atoms with van der Waals surface area (Å²) in [6.45, 7) is 0.572. The van der Waals surface area contributed by atoms with Crippen molar-refractivity contribution in [2.75, 3.05) is 23.0 Å². The Kier molecular flexibility index (Phi) is 8.79. The summed E-state index contributed by atoms with van der Waals surface area (Å²) in [7, 11) is -3.61. The van der Waals surface area contributed by atoms with Gasteiger partial charge in [0.05, 0.1) is 24.1 Å². The highest BCUT2D eigenvalue weighted by atomic mass is 32.2. The van der Waals surface area contributed by atoms with Gasteiger partial charge in [0.2, 0.25) is 5.91 Å². The van der Waals surface area contributed by atoms with E-state index in [0.29, 0.717) is 48.5 Å². The number of hydrogen-bond acceptors (Lipinski definition) is 8. The lowest BCUT2D eigenvalue weighted by Crippen LogP contribution is -2.45. The Morgan fingerprint density at radius 2 is 1.90 bits per heavy atom. The highest BCUT2D eigenvalue weighted by Gasteiger charge is 2.49. The maximum Gasteiger partial charge on any atom is 0.323 e. The van der Waals surface area contributed by atoms with E-state index in [4.69, 9.17) is 9.57 Å². The standard InChI is InChI=1S/C28H32N4O6S2/c33-25(32-38-26-10-1-3-15-37-26)18-28(13-2-4-16-40(28,35)36)24-12-11-23(39-24)20-7-5-8-21(17-20)30-27(34)31-22-9-6-14-29-19-22/h5-9,11-12,14,17,19,26H,1-4,10,13,15-16,18H2,(H,32,33)(H2,30,31,34). The van der Waals surface area contributed by atoms with Crippen LogP contribution in [0.2, 0.25) is 0 Å². The number of carbonyl (C=O) groups excluding carboxylic acids is 2. The zero-order valence-corrected chi connectivity index (χ0v) is 23.6. The Morgan fingerprint density at radius 3 is 2.67 bits per heavy atom. The van der Waals surface area contributed by atoms with Gasteiger partial charge in [-0.15, -0.1) is 11.3 Å². The fourth-order valence-electron chi connectivity index (χ4n) is 5.06. The quantitative estimate of drug-likeness (QED) is 0.309. The maximum absolute atomic E-state index is 13.5. The van der Waals surface area contributed by atoms with E-state index in [1.807, 2.05) is 24.3 Å². The van der Waals surface area contributed by atoms with Crippen molar-refractivity contribution in [2.24, 2.45) is 0 Å². The molecule has 2 aliphatic rings. The summed E-state index contributed by atoms with van der Waals surface area (Å²) < 4.78 is 31.2. The molecule has 0 bridgehead atoms. The van der Waals surface area contributed by atoms with Crippen LogP contribution in [-0.4, -0.2) is 44.0 Å². The number of benzene rings is 1. The van der Waals surface area contributed by atoms with Crippen LogP contribution in [0.5, 0.6) is 0 Å². The first kappa shape index (κ1) is 28.2. The average molecular weight is 585 g/mol. The molecule has 2 saturated heterocycles. The minimum Gasteiger partial charge on any atom is -0.350 e. The number of aromatic nitrogens is 1. The average Bonchev–Trinajstić information content (AvgIpc) is 3.45. The number of hydroxylamine groups is 1. The first-order valence-electron chi connectivity index (χ1n) is 13.3. The number of nitrogens with one attached hydrogen (secondary N) is 3. The molecule has 2 atom stereocenters. The highest BCUT2D eigenvalue weighted by molar-refractivity contribution is 7.92. The molecule has 1 aromatic carbocycles. The van der Waals surface area contributed by atoms with E-state index in [2.05, 4.69) is 21.1 Å². The third-order valence-corrected chi connectivity index (χ3v) is 11.2. The molecule has 2 aliphatic heterocycles. The Balaban J connectivity index is 1.33. The molecule has 3 aromatic rings. The predicted molar refractivity (Wildman–Crippen MR) is 153 cm³/mol. The minimum absolute atomic E-state index is 0.0333. The number of carbonyl (C=O) groups is 2. The van der Waals surface area contributed by atoms with Crippen LogP contribution in [0.25, 0.3) is 10.4 Å². The first-order chi connectivity index (χ1) is 19.3. The Hall–Kier alpha value is -3.32. The monoisotopic (exact) mass is 584 g/mol. The van der Waals surface area contributed by atoms with Gasteiger partial charge >= 0.3 is 6.03 Å². The van der Waals surface area contributed by atoms with Gasteiger partial charge < -0.3 is 15.4 Å². The van der Waals surface area contributed by atoms with Crippen LogP contribution in [0.4, 0.5) is 16.2 Å². The predicted octanol–water partition coefficient (Wildman–Crippen LogP) is 5.21. The summed E-state index contributed by atoms with van der Waals surface area (Å²) in [6.07, 6.45) is 6.65. The Bertz CT molecular complexity index is 1440. The van der Waals surface area contributed by atoms with Crippen molar-refractivity contribution in [3.05, 3.63) is 65.8 Å². The van der Waals surface area contributed by atoms with Crippen molar-refractivity contribution >= 4 is 44.5 Å². The molecule has 2 unspecified atom stereocenters. The molecule has 3 amide bonds. The molecule has 2 fully saturated rings. The highest BCUT2D eigenvalue weighted by Crippen LogP contribution is 2.47. The lowest BCUT2D eigenvalue weighted by molar-refractivity contribution is -0.200. The normalized spacial score (nSPS) is 22.2. The van der Waals surface area contributed by atoms with Crippen molar-refractivity contribution in [1.82, 2.24) is 10.5 Å². The number of rotatable bonds is 8. The van der Waals surface area contributed by atoms with E-state index in [0.717, 1.165) is 23.3 Å². The third kappa shape index (κ3) is 6.52. The Labute approximate surface area is 237 Å². The lowest BCUT2D eigenvalue weighted by Gasteiger charge is -2.35. The van der Waals surface area contributed by atoms with Gasteiger partial charge in [-0.25, -0.2) is 23.5 Å². The molecule has 5 rings (SSSR count). The molecule has 0 radical (unpaired) electrons. The van der Waals surface area contributed by atoms with Gasteiger partial charge in [-0.1, -0.05) is 18.6 Å². The van der Waals surface area contributed by atoms with Gasteiger partial charge in [-0.3, -0.25) is 9.78 Å². The molecule has 2 aromatic heterocycles. The largest absolute Gasteiger partial charge is 0.350 e. The van der Waals surface area contributed by atoms with Gasteiger partial charge in [-0.2, -0.15) is 0 Å². The van der Waals surface area contributed by atoms with E-state index >= 15 is 0 Å². The summed E-state index contributed by atoms with van der Waals surface area (Å²) in [6, 6.07) is 14.0. The molecular formula is C28H32N4O6S2. The smallest absolute Gasteiger partial charge is 0.323 e. The number of thiophene rings is 1. The molecule has 40 heavy (non-hydrogen) atoms. The van der Waals surface area contributed by atoms with E-state index in [9.17, 15) is 18.0 Å². The second-order valence-corrected chi connectivity index (χ2v) is 13.5. The van der Waals surface area contributed by atoms with Gasteiger partial charge in [0.1, 0.15) is 4.75 Å². The van der Waals surface area contributed by atoms with Crippen molar-refractivity contribution < 1.29 is 27.6 Å². The zero-order valence-electron chi connectivity index (χ0n) is 21.9. The van der Waals surface area contributed by atoms with Crippen molar-refractivity contribution in [1.29, 1.82) is 0 Å². The molecule has 0 spiro atoms. The number of sulfone groups is 1. The summed E-state index contributed by atoms with van der Waals surface area (Å²) in [4.78, 5) is 36.3. The summed E-state index contributed by atoms with van der Waals surface area (Å²) in [5.41, 5.74) is 4.41. The number of amides is 3. The summed E-state index contributed by atoms with van der Waals surface area (Å²) in [5.74, 6) is -0.452. The number of nitrogens with zero attached hydrogens (tertiary/aromatic N) is 1. The Morgan fingerprint density at radius 1 is 1.05 bits per heavy atom. The van der Waals surface area contributed by atoms with E-state index < -0.39 is 32.8 Å². The van der Waals surface area contributed by atoms with E-state index in [1.165, 1.54) is 11.3 Å². The van der Waals surface area contributed by atoms with Gasteiger partial charge in [-0.05, 0) is 67.6 Å². The topological polar surface area (TPSA) is 136 Å². The van der Waals surface area contributed by atoms with Crippen LogP contribution in [0.1, 0.15) is 49.8 Å². The third-order valence-electron chi connectivity index (χ3n) is 7.11. The van der Waals surface area contributed by atoms with Crippen LogP contribution in [0.3, 0.4) is 0 Å². The van der Waals surface area contributed by atoms with Gasteiger partial charge in [0.25, 0.3) is 0 Å². The summed E-state index contributed by atoms with van der Waals surface area (Å²) >= 11 is 1.35. The van der Waals surface area contributed by atoms with E-state index in [1.54, 1.807) is 36.7 Å². The van der Waals surface area contributed by atoms with Crippen molar-refractivity contribution in [2.45, 2.75) is 56.0 Å². The fraction of sp³-hybridized carbons (Fsp3) is 0.393. The number of urea groups is 1. The van der Waals surface area contributed by atoms with Crippen LogP contribution >= 0.6 is 11.3 Å². The molecule has 0 saturated carbocycles. The number of hydrogen-bond donors (Lipinski definition) is 3. The fourth-order valence-corrected chi connectivity index (χ4v) is 8.84. The molecule has 12 heteroatoms. The van der Waals surface area contributed by atoms with Gasteiger partial charge in [0, 0.05) is 34.7 Å². The minimum atomic E-state index is -3.61. The van der Waals surface area contributed by atoms with Gasteiger partial charge in [0.15, 0.2) is 16.1 Å². The molecule has 4 heterocycles. The van der Waals surface area contributed by atoms with Crippen molar-refractivity contribution in [3.8, 4) is 10.4 Å². The molecule has 10 nitrogen and oxygen atoms in total. The van der Waals surface area contributed by atoms with Crippen molar-refractivity contribution in [3.63, 3.8) is 0 Å². The SMILES string of the molecule is O=C(CC1(c2ccc(-c3cccc(NC(=O)Nc4cccnc4)c3)s2)CCCCS1(=O)=O)NOC1CCCCO1. The van der Waals surface area contributed by atoms with Crippen LogP contribution in [-0.2, 0) is 29.0 Å². The second kappa shape index (κ2) is 12.5. The number of ether oxygens (including phenoxy) is 1. The number of pyridine rings is 1. The summed E-state index contributed by atoms with van der Waals surface area (Å²) in [5, 5.41) is 5.54. The van der Waals surface area contributed by atoms with Crippen LogP contribution < -0.4 is 16.1 Å². The lowest BCUT2D eigenvalue weighted by atomic mass is 9.94. The van der Waals surface area contributed by atoms with Crippen LogP contribution in [0.15, 0.2) is 60.9 Å². The second-order valence-electron chi connectivity index (χ2n) is 9.95. The number of anilines is 2. The maximum atomic E-state index is 13.5. The zero-order chi connectivity index (χ0) is 28.0. The molecular weight excluding hydrogens is 552 g/mol. The van der Waals surface area contributed by atoms with Crippen LogP contribution in [0, 0.1) is 0 Å².